The van der Waals surface area contributed by atoms with Crippen molar-refractivity contribution >= 4 is 11.9 Å². The van der Waals surface area contributed by atoms with Gasteiger partial charge in [0.05, 0.1) is 12.2 Å². The summed E-state index contributed by atoms with van der Waals surface area (Å²) in [4.78, 5) is 25.1. The number of carbonyl (C=O) groups excluding carboxylic acids is 2. The van der Waals surface area contributed by atoms with Crippen LogP contribution in [0.3, 0.4) is 0 Å². The standard InChI is InChI=1S/C31H53NO6/c1-8-32-25(35)12-9-18(2)20-10-11-21-26-22(16-24(34)30(20,21)7)29(6)13-14-31(37,17-19(29)15-23(26)33)27(36)38-28(3,4)5/h18-24,26,33-34,37H,8-17H2,1-7H3,(H,32,35)/t18-,19?,20-,21+,22+,23-,24+,26+,29+,30-,31-/m1/s1. The Labute approximate surface area is 229 Å². The molecule has 0 radical (unpaired) electrons. The van der Waals surface area contributed by atoms with Gasteiger partial charge in [0.2, 0.25) is 5.91 Å². The smallest absolute Gasteiger partial charge is 0.338 e. The predicted molar refractivity (Wildman–Crippen MR) is 146 cm³/mol. The van der Waals surface area contributed by atoms with Crippen molar-refractivity contribution in [1.82, 2.24) is 5.32 Å². The van der Waals surface area contributed by atoms with Crippen LogP contribution in [0.4, 0.5) is 0 Å². The molecule has 218 valence electrons. The van der Waals surface area contributed by atoms with Crippen LogP contribution in [-0.2, 0) is 14.3 Å². The molecule has 1 unspecified atom stereocenters. The summed E-state index contributed by atoms with van der Waals surface area (Å²) in [6.07, 6.45) is 4.90. The fraction of sp³-hybridized carbons (Fsp3) is 0.935. The molecule has 1 amide bonds. The van der Waals surface area contributed by atoms with Crippen LogP contribution in [0.2, 0.25) is 0 Å². The molecule has 7 heteroatoms. The summed E-state index contributed by atoms with van der Waals surface area (Å²) in [7, 11) is 0. The van der Waals surface area contributed by atoms with Gasteiger partial charge in [0, 0.05) is 13.0 Å². The molecule has 4 N–H and O–H groups in total. The molecule has 38 heavy (non-hydrogen) atoms. The van der Waals surface area contributed by atoms with Crippen molar-refractivity contribution in [3.05, 3.63) is 0 Å². The van der Waals surface area contributed by atoms with Crippen molar-refractivity contribution in [2.75, 3.05) is 6.54 Å². The summed E-state index contributed by atoms with van der Waals surface area (Å²) in [5, 5.41) is 37.7. The second-order valence-electron chi connectivity index (χ2n) is 14.8. The topological polar surface area (TPSA) is 116 Å². The Morgan fingerprint density at radius 2 is 1.76 bits per heavy atom. The third kappa shape index (κ3) is 5.05. The van der Waals surface area contributed by atoms with Gasteiger partial charge in [-0.05, 0) is 125 Å². The zero-order valence-electron chi connectivity index (χ0n) is 24.8. The number of aliphatic hydroxyl groups is 3. The largest absolute Gasteiger partial charge is 0.458 e. The highest BCUT2D eigenvalue weighted by molar-refractivity contribution is 5.80. The van der Waals surface area contributed by atoms with Crippen LogP contribution >= 0.6 is 0 Å². The molecule has 11 atom stereocenters. The summed E-state index contributed by atoms with van der Waals surface area (Å²) < 4.78 is 5.58. The monoisotopic (exact) mass is 535 g/mol. The first-order valence-electron chi connectivity index (χ1n) is 15.2. The van der Waals surface area contributed by atoms with Gasteiger partial charge in [-0.25, -0.2) is 4.79 Å². The summed E-state index contributed by atoms with van der Waals surface area (Å²) in [5.41, 5.74) is -2.62. The van der Waals surface area contributed by atoms with E-state index in [0.29, 0.717) is 56.9 Å². The fourth-order valence-corrected chi connectivity index (χ4v) is 9.55. The summed E-state index contributed by atoms with van der Waals surface area (Å²) >= 11 is 0. The van der Waals surface area contributed by atoms with Crippen molar-refractivity contribution in [2.45, 2.75) is 130 Å². The average molecular weight is 536 g/mol. The third-order valence-corrected chi connectivity index (χ3v) is 11.6. The average Bonchev–Trinajstić information content (AvgIpc) is 3.17. The Balaban J connectivity index is 1.53. The second-order valence-corrected chi connectivity index (χ2v) is 14.8. The molecule has 7 nitrogen and oxygen atoms in total. The maximum Gasteiger partial charge on any atom is 0.338 e. The van der Waals surface area contributed by atoms with E-state index in [-0.39, 0.29) is 40.4 Å². The number of carbonyl (C=O) groups is 2. The zero-order valence-corrected chi connectivity index (χ0v) is 24.8. The lowest BCUT2D eigenvalue weighted by molar-refractivity contribution is -0.223. The zero-order chi connectivity index (χ0) is 28.3. The highest BCUT2D eigenvalue weighted by Crippen LogP contribution is 2.69. The van der Waals surface area contributed by atoms with Crippen molar-refractivity contribution in [2.24, 2.45) is 46.3 Å². The van der Waals surface area contributed by atoms with E-state index in [1.54, 1.807) is 0 Å². The van der Waals surface area contributed by atoms with E-state index in [1.165, 1.54) is 0 Å². The van der Waals surface area contributed by atoms with Gasteiger partial charge in [0.15, 0.2) is 5.60 Å². The van der Waals surface area contributed by atoms with Gasteiger partial charge in [-0.1, -0.05) is 20.8 Å². The molecule has 0 saturated heterocycles. The van der Waals surface area contributed by atoms with Crippen LogP contribution < -0.4 is 5.32 Å². The van der Waals surface area contributed by atoms with Crippen LogP contribution in [0, 0.1) is 46.3 Å². The Kier molecular flexibility index (Phi) is 8.10. The number of hydrogen-bond acceptors (Lipinski definition) is 6. The molecule has 0 spiro atoms. The van der Waals surface area contributed by atoms with E-state index in [9.17, 15) is 24.9 Å². The second kappa shape index (κ2) is 10.3. The Hall–Kier alpha value is -1.18. The number of rotatable bonds is 6. The number of ether oxygens (including phenoxy) is 1. The van der Waals surface area contributed by atoms with Gasteiger partial charge in [-0.15, -0.1) is 0 Å². The SMILES string of the molecule is CCNC(=O)CC[C@@H](C)[C@H]1CC[C@H]2[C@@H]3[C@H](O)CC4C[C@@](O)(C(=O)OC(C)(C)C)CC[C@]4(C)[C@H]3C[C@H](O)[C@]12C. The van der Waals surface area contributed by atoms with Crippen LogP contribution in [0.5, 0.6) is 0 Å². The van der Waals surface area contributed by atoms with Gasteiger partial charge in [0.1, 0.15) is 5.60 Å². The van der Waals surface area contributed by atoms with Gasteiger partial charge in [-0.3, -0.25) is 4.79 Å². The molecule has 0 aromatic rings. The van der Waals surface area contributed by atoms with E-state index in [4.69, 9.17) is 4.74 Å². The van der Waals surface area contributed by atoms with Crippen LogP contribution in [0.15, 0.2) is 0 Å². The number of nitrogens with one attached hydrogen (secondary N) is 1. The molecule has 4 saturated carbocycles. The minimum absolute atomic E-state index is 0.00484. The van der Waals surface area contributed by atoms with Crippen molar-refractivity contribution in [3.8, 4) is 0 Å². The number of amides is 1. The third-order valence-electron chi connectivity index (χ3n) is 11.6. The fourth-order valence-electron chi connectivity index (χ4n) is 9.55. The van der Waals surface area contributed by atoms with Gasteiger partial charge in [-0.2, -0.15) is 0 Å². The first-order valence-corrected chi connectivity index (χ1v) is 15.2. The van der Waals surface area contributed by atoms with Crippen molar-refractivity contribution in [1.29, 1.82) is 0 Å². The maximum absolute atomic E-state index is 13.0. The van der Waals surface area contributed by atoms with E-state index < -0.39 is 29.4 Å². The van der Waals surface area contributed by atoms with Crippen LogP contribution in [-0.4, -0.2) is 57.2 Å². The molecular formula is C31H53NO6. The predicted octanol–water partition coefficient (Wildman–Crippen LogP) is 4.21. The lowest BCUT2D eigenvalue weighted by atomic mass is 9.42. The van der Waals surface area contributed by atoms with Crippen LogP contribution in [0.25, 0.3) is 0 Å². The number of fused-ring (bicyclic) bond motifs is 5. The summed E-state index contributed by atoms with van der Waals surface area (Å²) in [5.74, 6) is 0.659. The molecule has 0 heterocycles. The first kappa shape index (κ1) is 29.8. The molecule has 4 aliphatic rings. The molecule has 0 aromatic heterocycles. The Morgan fingerprint density at radius 1 is 1.08 bits per heavy atom. The highest BCUT2D eigenvalue weighted by atomic mass is 16.6. The molecular weight excluding hydrogens is 482 g/mol. The molecule has 0 aliphatic heterocycles. The number of aliphatic hydroxyl groups excluding tert-OH is 2. The highest BCUT2D eigenvalue weighted by Gasteiger charge is 2.67. The lowest BCUT2D eigenvalue weighted by Crippen LogP contribution is -2.64. The van der Waals surface area contributed by atoms with Crippen molar-refractivity contribution < 1.29 is 29.6 Å². The summed E-state index contributed by atoms with van der Waals surface area (Å²) in [6, 6.07) is 0. The quantitative estimate of drug-likeness (QED) is 0.379. The van der Waals surface area contributed by atoms with Crippen molar-refractivity contribution in [3.63, 3.8) is 0 Å². The Morgan fingerprint density at radius 3 is 2.39 bits per heavy atom. The van der Waals surface area contributed by atoms with E-state index in [2.05, 4.69) is 26.1 Å². The normalized spacial score (nSPS) is 45.4. The maximum atomic E-state index is 13.0. The van der Waals surface area contributed by atoms with Gasteiger partial charge >= 0.3 is 5.97 Å². The molecule has 4 rings (SSSR count). The number of esters is 1. The number of hydrogen-bond donors (Lipinski definition) is 4. The molecule has 0 bridgehead atoms. The molecule has 0 aromatic carbocycles. The minimum Gasteiger partial charge on any atom is -0.458 e. The summed E-state index contributed by atoms with van der Waals surface area (Å²) in [6.45, 7) is 14.7. The minimum atomic E-state index is -1.52. The van der Waals surface area contributed by atoms with E-state index in [0.717, 1.165) is 19.3 Å². The Bertz CT molecular complexity index is 901. The molecule has 4 fully saturated rings. The van der Waals surface area contributed by atoms with E-state index >= 15 is 0 Å². The van der Waals surface area contributed by atoms with Gasteiger partial charge in [0.25, 0.3) is 0 Å². The first-order chi connectivity index (χ1) is 17.6. The lowest BCUT2D eigenvalue weighted by Gasteiger charge is -2.64. The molecule has 4 aliphatic carbocycles. The van der Waals surface area contributed by atoms with Gasteiger partial charge < -0.3 is 25.4 Å². The van der Waals surface area contributed by atoms with E-state index in [1.807, 2.05) is 27.7 Å². The van der Waals surface area contributed by atoms with Crippen LogP contribution in [0.1, 0.15) is 106 Å².